The van der Waals surface area contributed by atoms with Crippen molar-refractivity contribution < 1.29 is 4.79 Å². The molecule has 0 atom stereocenters. The smallest absolute Gasteiger partial charge is 0.198 e. The topological polar surface area (TPSA) is 43.1 Å². The van der Waals surface area contributed by atoms with Gasteiger partial charge in [0.2, 0.25) is 0 Å². The van der Waals surface area contributed by atoms with Crippen molar-refractivity contribution in [2.75, 3.05) is 0 Å². The first-order valence-electron chi connectivity index (χ1n) is 3.85. The molecule has 0 bridgehead atoms. The van der Waals surface area contributed by atoms with E-state index >= 15 is 0 Å². The summed E-state index contributed by atoms with van der Waals surface area (Å²) in [5.74, 6) is 0.128. The summed E-state index contributed by atoms with van der Waals surface area (Å²) in [6.45, 7) is 0.512. The second kappa shape index (κ2) is 5.39. The molecule has 2 N–H and O–H groups in total. The van der Waals surface area contributed by atoms with Crippen molar-refractivity contribution in [1.82, 2.24) is 0 Å². The van der Waals surface area contributed by atoms with E-state index in [0.29, 0.717) is 6.54 Å². The number of rotatable bonds is 3. The summed E-state index contributed by atoms with van der Waals surface area (Å²) in [5, 5.41) is 0. The maximum absolute atomic E-state index is 11.8. The van der Waals surface area contributed by atoms with Crippen LogP contribution >= 0.6 is 67.8 Å². The molecule has 0 spiro atoms. The molecule has 1 rings (SSSR count). The standard InChI is InChI=1S/C9H8I3NO/c10-9(11,12)8(14)7-3-1-6(5-13)2-4-7/h1-4H,5,13H2. The number of carbonyl (C=O) groups excluding carboxylic acids is 1. The summed E-state index contributed by atoms with van der Waals surface area (Å²) >= 11 is 6.37. The molecule has 14 heavy (non-hydrogen) atoms. The minimum Gasteiger partial charge on any atom is -0.326 e. The maximum Gasteiger partial charge on any atom is 0.198 e. The predicted octanol–water partition coefficient (Wildman–Crippen LogP) is 3.29. The van der Waals surface area contributed by atoms with Crippen LogP contribution in [0.4, 0.5) is 0 Å². The van der Waals surface area contributed by atoms with Gasteiger partial charge in [0.1, 0.15) is 0 Å². The van der Waals surface area contributed by atoms with E-state index in [-0.39, 0.29) is 5.78 Å². The molecule has 1 aromatic rings. The Kier molecular flexibility index (Phi) is 5.05. The molecule has 0 radical (unpaired) electrons. The van der Waals surface area contributed by atoms with E-state index < -0.39 is -0.565 Å². The van der Waals surface area contributed by atoms with Crippen LogP contribution in [0.2, 0.25) is 0 Å². The Bertz CT molecular complexity index is 329. The van der Waals surface area contributed by atoms with E-state index in [9.17, 15) is 4.79 Å². The van der Waals surface area contributed by atoms with Gasteiger partial charge in [-0.1, -0.05) is 24.3 Å². The van der Waals surface area contributed by atoms with Crippen molar-refractivity contribution in [3.8, 4) is 0 Å². The molecule has 2 nitrogen and oxygen atoms in total. The summed E-state index contributed by atoms with van der Waals surface area (Å²) < 4.78 is -0.405. The molecule has 0 unspecified atom stereocenters. The molecule has 0 fully saturated rings. The highest BCUT2D eigenvalue weighted by molar-refractivity contribution is 14.3. The summed E-state index contributed by atoms with van der Waals surface area (Å²) in [4.78, 5) is 11.8. The van der Waals surface area contributed by atoms with Crippen LogP contribution in [0.3, 0.4) is 0 Å². The predicted molar refractivity (Wildman–Crippen MR) is 83.5 cm³/mol. The zero-order chi connectivity index (χ0) is 10.8. The van der Waals surface area contributed by atoms with Gasteiger partial charge < -0.3 is 5.73 Å². The maximum atomic E-state index is 11.8. The molecule has 0 aliphatic rings. The van der Waals surface area contributed by atoms with Crippen molar-refractivity contribution >= 4 is 73.6 Å². The lowest BCUT2D eigenvalue weighted by Crippen LogP contribution is -2.16. The van der Waals surface area contributed by atoms with Crippen LogP contribution in [0.15, 0.2) is 24.3 Å². The third-order valence-corrected chi connectivity index (χ3v) is 3.18. The largest absolute Gasteiger partial charge is 0.326 e. The molecule has 0 heterocycles. The Balaban J connectivity index is 2.93. The van der Waals surface area contributed by atoms with Gasteiger partial charge in [-0.25, -0.2) is 0 Å². The molecule has 0 saturated carbocycles. The molecule has 0 amide bonds. The van der Waals surface area contributed by atoms with Gasteiger partial charge in [-0.2, -0.15) is 0 Å². The van der Waals surface area contributed by atoms with Gasteiger partial charge >= 0.3 is 0 Å². The van der Waals surface area contributed by atoms with Gasteiger partial charge in [-0.3, -0.25) is 4.79 Å². The number of nitrogens with two attached hydrogens (primary N) is 1. The fourth-order valence-electron chi connectivity index (χ4n) is 0.956. The van der Waals surface area contributed by atoms with Crippen LogP contribution in [-0.4, -0.2) is 5.22 Å². The van der Waals surface area contributed by atoms with Crippen molar-refractivity contribution in [1.29, 1.82) is 0 Å². The monoisotopic (exact) mass is 527 g/mol. The lowest BCUT2D eigenvalue weighted by atomic mass is 10.1. The van der Waals surface area contributed by atoms with Gasteiger partial charge in [-0.15, -0.1) is 0 Å². The lowest BCUT2D eigenvalue weighted by Gasteiger charge is -2.10. The number of Topliss-reactive ketones (excluding diaryl/α,β-unsaturated/α-hetero) is 1. The molecule has 0 aliphatic heterocycles. The van der Waals surface area contributed by atoms with Gasteiger partial charge in [0, 0.05) is 12.1 Å². The van der Waals surface area contributed by atoms with Crippen LogP contribution in [0.25, 0.3) is 0 Å². The zero-order valence-electron chi connectivity index (χ0n) is 7.14. The fourth-order valence-corrected chi connectivity index (χ4v) is 1.89. The molecular weight excluding hydrogens is 519 g/mol. The Labute approximate surface area is 124 Å². The van der Waals surface area contributed by atoms with Crippen LogP contribution in [-0.2, 0) is 6.54 Å². The van der Waals surface area contributed by atoms with Crippen molar-refractivity contribution in [3.05, 3.63) is 35.4 Å². The normalized spacial score (nSPS) is 11.4. The second-order valence-electron chi connectivity index (χ2n) is 2.73. The Morgan fingerprint density at radius 1 is 1.21 bits per heavy atom. The number of hydrogen-bond donors (Lipinski definition) is 1. The summed E-state index contributed by atoms with van der Waals surface area (Å²) in [5.41, 5.74) is 7.25. The molecule has 0 aromatic heterocycles. The van der Waals surface area contributed by atoms with Crippen LogP contribution in [0, 0.1) is 0 Å². The van der Waals surface area contributed by atoms with E-state index in [4.69, 9.17) is 5.73 Å². The van der Waals surface area contributed by atoms with Crippen LogP contribution in [0.1, 0.15) is 15.9 Å². The highest BCUT2D eigenvalue weighted by Crippen LogP contribution is 2.38. The van der Waals surface area contributed by atoms with Crippen LogP contribution in [0.5, 0.6) is 0 Å². The van der Waals surface area contributed by atoms with Gasteiger partial charge in [-0.05, 0) is 73.3 Å². The zero-order valence-corrected chi connectivity index (χ0v) is 13.6. The van der Waals surface area contributed by atoms with E-state index in [2.05, 4.69) is 67.8 Å². The number of ketones is 1. The fraction of sp³-hybridized carbons (Fsp3) is 0.222. The first kappa shape index (κ1) is 13.1. The third-order valence-electron chi connectivity index (χ3n) is 1.71. The summed E-state index contributed by atoms with van der Waals surface area (Å²) in [6.07, 6.45) is 0. The van der Waals surface area contributed by atoms with E-state index in [1.54, 1.807) is 0 Å². The Hall–Kier alpha value is 1.04. The van der Waals surface area contributed by atoms with Crippen LogP contribution < -0.4 is 5.73 Å². The quantitative estimate of drug-likeness (QED) is 0.373. The van der Waals surface area contributed by atoms with Crippen molar-refractivity contribution in [2.45, 2.75) is 5.98 Å². The van der Waals surface area contributed by atoms with Gasteiger partial charge in [0.05, 0.1) is 0 Å². The average molecular weight is 527 g/mol. The first-order valence-corrected chi connectivity index (χ1v) is 7.09. The summed E-state index contributed by atoms with van der Waals surface area (Å²) in [7, 11) is 0. The molecule has 0 saturated heterocycles. The minimum atomic E-state index is -0.405. The molecule has 76 valence electrons. The van der Waals surface area contributed by atoms with Crippen molar-refractivity contribution in [3.63, 3.8) is 0 Å². The first-order chi connectivity index (χ1) is 6.45. The number of alkyl halides is 3. The second-order valence-corrected chi connectivity index (χ2v) is 13.8. The highest BCUT2D eigenvalue weighted by Gasteiger charge is 2.28. The molecule has 1 aromatic carbocycles. The number of carbonyl (C=O) groups is 1. The van der Waals surface area contributed by atoms with Crippen molar-refractivity contribution in [2.24, 2.45) is 5.73 Å². The Morgan fingerprint density at radius 2 is 1.71 bits per heavy atom. The number of halogens is 3. The molecule has 5 heteroatoms. The van der Waals surface area contributed by atoms with Gasteiger partial charge in [0.15, 0.2) is 5.22 Å². The number of hydrogen-bond acceptors (Lipinski definition) is 2. The van der Waals surface area contributed by atoms with E-state index in [1.807, 2.05) is 24.3 Å². The molecule has 0 aliphatic carbocycles. The van der Waals surface area contributed by atoms with E-state index in [0.717, 1.165) is 11.1 Å². The summed E-state index contributed by atoms with van der Waals surface area (Å²) in [6, 6.07) is 7.44. The Morgan fingerprint density at radius 3 is 2.07 bits per heavy atom. The minimum absolute atomic E-state index is 0.128. The van der Waals surface area contributed by atoms with E-state index in [1.165, 1.54) is 0 Å². The SMILES string of the molecule is NCc1ccc(C(=O)C(I)(I)I)cc1. The third kappa shape index (κ3) is 3.56. The lowest BCUT2D eigenvalue weighted by molar-refractivity contribution is 0.101. The highest BCUT2D eigenvalue weighted by atomic mass is 127. The molecular formula is C9H8I3NO. The van der Waals surface area contributed by atoms with Gasteiger partial charge in [0.25, 0.3) is 0 Å². The average Bonchev–Trinajstić information content (AvgIpc) is 2.15. The number of benzene rings is 1.